The first-order chi connectivity index (χ1) is 13.4. The number of methoxy groups -OCH3 is 1. The molecule has 0 bridgehead atoms. The molecule has 0 aliphatic heterocycles. The van der Waals surface area contributed by atoms with Gasteiger partial charge in [-0.2, -0.15) is 0 Å². The number of benzene rings is 2. The van der Waals surface area contributed by atoms with Crippen LogP contribution in [0.1, 0.15) is 45.8 Å². The van der Waals surface area contributed by atoms with E-state index in [1.165, 1.54) is 11.1 Å². The molecule has 0 fully saturated rings. The lowest BCUT2D eigenvalue weighted by atomic mass is 10.0. The molecule has 0 saturated heterocycles. The molecule has 0 spiro atoms. The maximum absolute atomic E-state index is 11.5. The predicted octanol–water partition coefficient (Wildman–Crippen LogP) is 5.12. The second-order valence-corrected chi connectivity index (χ2v) is 6.95. The highest BCUT2D eigenvalue weighted by atomic mass is 16.5. The van der Waals surface area contributed by atoms with Gasteiger partial charge in [-0.15, -0.1) is 0 Å². The van der Waals surface area contributed by atoms with Gasteiger partial charge in [0.05, 0.1) is 24.8 Å². The van der Waals surface area contributed by atoms with E-state index >= 15 is 0 Å². The van der Waals surface area contributed by atoms with E-state index in [0.29, 0.717) is 29.2 Å². The van der Waals surface area contributed by atoms with Crippen LogP contribution in [-0.4, -0.2) is 18.2 Å². The molecule has 3 rings (SSSR count). The number of hydrogen-bond acceptors (Lipinski definition) is 4. The first-order valence-corrected chi connectivity index (χ1v) is 9.20. The summed E-state index contributed by atoms with van der Waals surface area (Å²) < 4.78 is 11.4. The van der Waals surface area contributed by atoms with Gasteiger partial charge in [0.2, 0.25) is 0 Å². The zero-order valence-corrected chi connectivity index (χ0v) is 16.6. The summed E-state index contributed by atoms with van der Waals surface area (Å²) in [5.41, 5.74) is 3.96. The molecule has 0 aliphatic rings. The molecule has 0 radical (unpaired) electrons. The second-order valence-electron chi connectivity index (χ2n) is 6.95. The van der Waals surface area contributed by atoms with Gasteiger partial charge in [0, 0.05) is 6.04 Å². The van der Waals surface area contributed by atoms with Crippen LogP contribution in [0.5, 0.6) is 5.75 Å². The third-order valence-electron chi connectivity index (χ3n) is 4.86. The first kappa shape index (κ1) is 19.7. The van der Waals surface area contributed by atoms with Crippen LogP contribution in [0.3, 0.4) is 0 Å². The quantitative estimate of drug-likeness (QED) is 0.596. The summed E-state index contributed by atoms with van der Waals surface area (Å²) in [4.78, 5) is 11.5. The number of hydrogen-bond donors (Lipinski definition) is 2. The topological polar surface area (TPSA) is 71.7 Å². The summed E-state index contributed by atoms with van der Waals surface area (Å²) >= 11 is 0. The van der Waals surface area contributed by atoms with Crippen LogP contribution >= 0.6 is 0 Å². The minimum absolute atomic E-state index is 0.182. The normalized spacial score (nSPS) is 12.0. The molecule has 0 saturated carbocycles. The number of rotatable bonds is 7. The number of carboxylic acid groups (broad SMARTS) is 1. The molecule has 5 heteroatoms. The van der Waals surface area contributed by atoms with Gasteiger partial charge in [-0.25, -0.2) is 4.79 Å². The monoisotopic (exact) mass is 379 g/mol. The Hall–Kier alpha value is -3.05. The molecule has 28 heavy (non-hydrogen) atoms. The zero-order valence-electron chi connectivity index (χ0n) is 16.6. The Labute approximate surface area is 165 Å². The molecule has 1 aromatic heterocycles. The fourth-order valence-electron chi connectivity index (χ4n) is 3.12. The van der Waals surface area contributed by atoms with Crippen LogP contribution in [-0.2, 0) is 6.54 Å². The third-order valence-corrected chi connectivity index (χ3v) is 4.86. The standard InChI is InChI=1S/C23H25NO4/c1-14-5-7-17(8-6-14)16(3)24-13-18-9-10-21(28-18)20-12-19(23(25)26)15(2)11-22(20)27-4/h5-12,16,24H,13H2,1-4H3,(H,25,26)/t16-/m1/s1. The average molecular weight is 379 g/mol. The lowest BCUT2D eigenvalue weighted by molar-refractivity contribution is 0.0696. The third kappa shape index (κ3) is 4.26. The van der Waals surface area contributed by atoms with E-state index in [-0.39, 0.29) is 11.6 Å². The van der Waals surface area contributed by atoms with Crippen molar-refractivity contribution in [1.82, 2.24) is 5.32 Å². The minimum atomic E-state index is -0.971. The number of aryl methyl sites for hydroxylation is 2. The van der Waals surface area contributed by atoms with Crippen LogP contribution in [0.15, 0.2) is 52.9 Å². The molecule has 1 atom stereocenters. The molecule has 3 aromatic rings. The van der Waals surface area contributed by atoms with Gasteiger partial charge < -0.3 is 19.6 Å². The molecular weight excluding hydrogens is 354 g/mol. The largest absolute Gasteiger partial charge is 0.496 e. The number of aromatic carboxylic acids is 1. The average Bonchev–Trinajstić information content (AvgIpc) is 3.14. The fraction of sp³-hybridized carbons (Fsp3) is 0.261. The number of carboxylic acids is 1. The maximum Gasteiger partial charge on any atom is 0.335 e. The molecular formula is C23H25NO4. The lowest BCUT2D eigenvalue weighted by Crippen LogP contribution is -2.17. The maximum atomic E-state index is 11.5. The van der Waals surface area contributed by atoms with E-state index in [4.69, 9.17) is 9.15 Å². The van der Waals surface area contributed by atoms with Crippen LogP contribution in [0.25, 0.3) is 11.3 Å². The van der Waals surface area contributed by atoms with E-state index in [0.717, 1.165) is 5.76 Å². The highest BCUT2D eigenvalue weighted by molar-refractivity contribution is 5.92. The number of furan rings is 1. The smallest absolute Gasteiger partial charge is 0.335 e. The highest BCUT2D eigenvalue weighted by Gasteiger charge is 2.17. The predicted molar refractivity (Wildman–Crippen MR) is 109 cm³/mol. The van der Waals surface area contributed by atoms with Gasteiger partial charge in [0.25, 0.3) is 0 Å². The highest BCUT2D eigenvalue weighted by Crippen LogP contribution is 2.34. The zero-order chi connectivity index (χ0) is 20.3. The Bertz CT molecular complexity index is 973. The molecule has 1 heterocycles. The van der Waals surface area contributed by atoms with E-state index < -0.39 is 5.97 Å². The molecule has 5 nitrogen and oxygen atoms in total. The summed E-state index contributed by atoms with van der Waals surface area (Å²) in [6, 6.07) is 15.7. The Morgan fingerprint density at radius 2 is 1.86 bits per heavy atom. The molecule has 2 aromatic carbocycles. The van der Waals surface area contributed by atoms with Gasteiger partial charge in [0.1, 0.15) is 17.3 Å². The molecule has 0 amide bonds. The Morgan fingerprint density at radius 3 is 2.50 bits per heavy atom. The Morgan fingerprint density at radius 1 is 1.14 bits per heavy atom. The summed E-state index contributed by atoms with van der Waals surface area (Å²) in [5.74, 6) is 0.971. The van der Waals surface area contributed by atoms with Crippen LogP contribution < -0.4 is 10.1 Å². The van der Waals surface area contributed by atoms with Gasteiger partial charge >= 0.3 is 5.97 Å². The molecule has 146 valence electrons. The van der Waals surface area contributed by atoms with Crippen molar-refractivity contribution in [3.8, 4) is 17.1 Å². The summed E-state index contributed by atoms with van der Waals surface area (Å²) in [5, 5.41) is 12.8. The lowest BCUT2D eigenvalue weighted by Gasteiger charge is -2.13. The Kier molecular flexibility index (Phi) is 5.85. The molecule has 0 unspecified atom stereocenters. The van der Waals surface area contributed by atoms with E-state index in [1.54, 1.807) is 26.2 Å². The van der Waals surface area contributed by atoms with E-state index in [2.05, 4.69) is 43.4 Å². The van der Waals surface area contributed by atoms with Gasteiger partial charge in [-0.1, -0.05) is 29.8 Å². The number of ether oxygens (including phenoxy) is 1. The van der Waals surface area contributed by atoms with Crippen molar-refractivity contribution in [1.29, 1.82) is 0 Å². The minimum Gasteiger partial charge on any atom is -0.496 e. The van der Waals surface area contributed by atoms with Gasteiger partial charge in [-0.05, 0) is 56.2 Å². The van der Waals surface area contributed by atoms with E-state index in [9.17, 15) is 9.90 Å². The molecule has 0 aliphatic carbocycles. The van der Waals surface area contributed by atoms with Crippen molar-refractivity contribution < 1.29 is 19.1 Å². The number of carbonyl (C=O) groups is 1. The molecule has 2 N–H and O–H groups in total. The van der Waals surface area contributed by atoms with Crippen molar-refractivity contribution in [2.45, 2.75) is 33.4 Å². The van der Waals surface area contributed by atoms with Gasteiger partial charge in [0.15, 0.2) is 0 Å². The summed E-state index contributed by atoms with van der Waals surface area (Å²) in [6.45, 7) is 6.49. The van der Waals surface area contributed by atoms with Crippen molar-refractivity contribution in [2.75, 3.05) is 7.11 Å². The van der Waals surface area contributed by atoms with Crippen molar-refractivity contribution >= 4 is 5.97 Å². The number of nitrogens with one attached hydrogen (secondary N) is 1. The fourth-order valence-corrected chi connectivity index (χ4v) is 3.12. The van der Waals surface area contributed by atoms with Crippen molar-refractivity contribution in [3.05, 3.63) is 76.5 Å². The van der Waals surface area contributed by atoms with E-state index in [1.807, 2.05) is 12.1 Å². The second kappa shape index (κ2) is 8.31. The SMILES string of the molecule is COc1cc(C)c(C(=O)O)cc1-c1ccc(CN[C@H](C)c2ccc(C)cc2)o1. The summed E-state index contributed by atoms with van der Waals surface area (Å²) in [6.07, 6.45) is 0. The van der Waals surface area contributed by atoms with Crippen LogP contribution in [0.4, 0.5) is 0 Å². The van der Waals surface area contributed by atoms with Crippen LogP contribution in [0, 0.1) is 13.8 Å². The summed E-state index contributed by atoms with van der Waals surface area (Å²) in [7, 11) is 1.56. The Balaban J connectivity index is 1.77. The van der Waals surface area contributed by atoms with Crippen LogP contribution in [0.2, 0.25) is 0 Å². The van der Waals surface area contributed by atoms with Crippen molar-refractivity contribution in [2.24, 2.45) is 0 Å². The first-order valence-electron chi connectivity index (χ1n) is 9.20. The van der Waals surface area contributed by atoms with Gasteiger partial charge in [-0.3, -0.25) is 0 Å². The van der Waals surface area contributed by atoms with Crippen molar-refractivity contribution in [3.63, 3.8) is 0 Å².